The first-order chi connectivity index (χ1) is 13.5. The van der Waals surface area contributed by atoms with Crippen LogP contribution >= 0.6 is 0 Å². The van der Waals surface area contributed by atoms with Crippen molar-refractivity contribution in [1.29, 1.82) is 0 Å². The maximum atomic E-state index is 9.25. The molecule has 4 aromatic rings. The molecule has 0 atom stereocenters. The van der Waals surface area contributed by atoms with E-state index in [0.29, 0.717) is 0 Å². The molecule has 0 bridgehead atoms. The van der Waals surface area contributed by atoms with Gasteiger partial charge in [0.25, 0.3) is 0 Å². The van der Waals surface area contributed by atoms with E-state index >= 15 is 0 Å². The van der Waals surface area contributed by atoms with Crippen molar-refractivity contribution in [2.45, 2.75) is 0 Å². The summed E-state index contributed by atoms with van der Waals surface area (Å²) in [6.45, 7) is 5.92. The average molecular weight is 422 g/mol. The molecule has 0 aliphatic rings. The second-order valence-corrected chi connectivity index (χ2v) is 5.39. The van der Waals surface area contributed by atoms with Gasteiger partial charge >= 0.3 is 33.7 Å². The van der Waals surface area contributed by atoms with Gasteiger partial charge in [-0.15, -0.1) is 59.3 Å². The van der Waals surface area contributed by atoms with E-state index in [9.17, 15) is 9.59 Å². The first-order valence-electron chi connectivity index (χ1n) is 8.39. The minimum absolute atomic E-state index is 0. The number of carboxylic acids is 2. The summed E-state index contributed by atoms with van der Waals surface area (Å²) in [4.78, 5) is 18.5. The third-order valence-corrected chi connectivity index (χ3v) is 3.44. The molecular formula is C24H22O4Ti. The molecule has 0 aliphatic heterocycles. The summed E-state index contributed by atoms with van der Waals surface area (Å²) < 4.78 is 0. The third kappa shape index (κ3) is 10.6. The number of rotatable bonds is 2. The first-order valence-corrected chi connectivity index (χ1v) is 8.39. The minimum Gasteiger partial charge on any atom is -0.478 e. The van der Waals surface area contributed by atoms with Crippen molar-refractivity contribution in [2.75, 3.05) is 0 Å². The number of hydrogen-bond acceptors (Lipinski definition) is 2. The van der Waals surface area contributed by atoms with Crippen LogP contribution in [-0.2, 0) is 31.3 Å². The van der Waals surface area contributed by atoms with E-state index in [1.807, 2.05) is 0 Å². The molecule has 0 saturated carbocycles. The normalized spacial score (nSPS) is 8.55. The summed E-state index contributed by atoms with van der Waals surface area (Å²) >= 11 is 0. The smallest absolute Gasteiger partial charge is 0.478 e. The van der Waals surface area contributed by atoms with Gasteiger partial charge in [0.05, 0.1) is 0 Å². The molecule has 2 N–H and O–H groups in total. The summed E-state index contributed by atoms with van der Waals surface area (Å²) in [6, 6.07) is 29.3. The Morgan fingerprint density at radius 2 is 1.00 bits per heavy atom. The predicted octanol–water partition coefficient (Wildman–Crippen LogP) is 5.63. The monoisotopic (exact) mass is 422 g/mol. The van der Waals surface area contributed by atoms with Crippen LogP contribution in [-0.4, -0.2) is 22.2 Å². The number of fused-ring (bicyclic) bond motifs is 2. The van der Waals surface area contributed by atoms with Crippen LogP contribution < -0.4 is 0 Å². The standard InChI is InChI=1S/2C9H7.2C3H4O2.Ti/c2*1-2-5-9-7-3-6-8(9)4-1;2*1-2-3(4)5;/h2*1-7H;2*2H,1H2,(H,4,5);/q2*-1;;;+2. The Labute approximate surface area is 185 Å². The summed E-state index contributed by atoms with van der Waals surface area (Å²) in [5.74, 6) is -1.96. The molecule has 0 spiro atoms. The Morgan fingerprint density at radius 1 is 0.690 bits per heavy atom. The van der Waals surface area contributed by atoms with Crippen LogP contribution in [0.4, 0.5) is 0 Å². The Kier molecular flexibility index (Phi) is 13.2. The van der Waals surface area contributed by atoms with Crippen LogP contribution in [0, 0.1) is 0 Å². The molecule has 5 heteroatoms. The molecule has 4 nitrogen and oxygen atoms in total. The number of carboxylic acid groups (broad SMARTS) is 2. The molecule has 0 radical (unpaired) electrons. The van der Waals surface area contributed by atoms with Crippen LogP contribution in [0.2, 0.25) is 0 Å². The molecule has 4 rings (SSSR count). The Hall–Kier alpha value is -3.21. The second kappa shape index (κ2) is 14.8. The van der Waals surface area contributed by atoms with Gasteiger partial charge in [0.1, 0.15) is 0 Å². The van der Waals surface area contributed by atoms with Gasteiger partial charge < -0.3 is 10.2 Å². The van der Waals surface area contributed by atoms with E-state index in [-0.39, 0.29) is 21.7 Å². The van der Waals surface area contributed by atoms with Gasteiger partial charge in [0.15, 0.2) is 0 Å². The van der Waals surface area contributed by atoms with Crippen LogP contribution in [0.15, 0.2) is 110 Å². The minimum atomic E-state index is -0.981. The number of aliphatic carboxylic acids is 2. The molecule has 0 fully saturated rings. The Balaban J connectivity index is 0.000000373. The second-order valence-electron chi connectivity index (χ2n) is 5.39. The van der Waals surface area contributed by atoms with Crippen LogP contribution in [0.5, 0.6) is 0 Å². The largest absolute Gasteiger partial charge is 2.00 e. The van der Waals surface area contributed by atoms with Gasteiger partial charge in [-0.2, -0.15) is 35.0 Å². The molecule has 0 saturated heterocycles. The van der Waals surface area contributed by atoms with Crippen molar-refractivity contribution in [1.82, 2.24) is 0 Å². The quantitative estimate of drug-likeness (QED) is 0.250. The van der Waals surface area contributed by atoms with Crippen molar-refractivity contribution in [2.24, 2.45) is 0 Å². The van der Waals surface area contributed by atoms with Crippen molar-refractivity contribution in [3.8, 4) is 0 Å². The van der Waals surface area contributed by atoms with E-state index in [1.165, 1.54) is 21.5 Å². The van der Waals surface area contributed by atoms with Gasteiger partial charge in [0, 0.05) is 12.2 Å². The number of hydrogen-bond donors (Lipinski definition) is 2. The van der Waals surface area contributed by atoms with Gasteiger partial charge in [0.2, 0.25) is 0 Å². The summed E-state index contributed by atoms with van der Waals surface area (Å²) in [5.41, 5.74) is 0. The SMILES string of the molecule is C=CC(=O)O.C=CC(=O)O.[Ti+2].c1ccc2[cH-]ccc2c1.c1ccc2[cH-]ccc2c1. The van der Waals surface area contributed by atoms with Crippen molar-refractivity contribution < 1.29 is 41.5 Å². The molecule has 0 amide bonds. The van der Waals surface area contributed by atoms with Crippen molar-refractivity contribution in [3.05, 3.63) is 110 Å². The van der Waals surface area contributed by atoms with Crippen LogP contribution in [0.1, 0.15) is 0 Å². The van der Waals surface area contributed by atoms with E-state index in [0.717, 1.165) is 12.2 Å². The van der Waals surface area contributed by atoms with Crippen molar-refractivity contribution in [3.63, 3.8) is 0 Å². The van der Waals surface area contributed by atoms with Crippen LogP contribution in [0.3, 0.4) is 0 Å². The first kappa shape index (κ1) is 25.8. The number of benzene rings is 2. The molecule has 0 unspecified atom stereocenters. The zero-order valence-electron chi connectivity index (χ0n) is 15.9. The number of carbonyl (C=O) groups is 2. The zero-order valence-corrected chi connectivity index (χ0v) is 17.4. The fraction of sp³-hybridized carbons (Fsp3) is 0. The van der Waals surface area contributed by atoms with E-state index in [1.54, 1.807) is 0 Å². The maximum Gasteiger partial charge on any atom is 2.00 e. The van der Waals surface area contributed by atoms with E-state index in [2.05, 4.69) is 98.1 Å². The van der Waals surface area contributed by atoms with Gasteiger partial charge in [-0.1, -0.05) is 25.3 Å². The van der Waals surface area contributed by atoms with Gasteiger partial charge in [-0.05, 0) is 0 Å². The Morgan fingerprint density at radius 3 is 1.28 bits per heavy atom. The fourth-order valence-corrected chi connectivity index (χ4v) is 2.14. The predicted molar refractivity (Wildman–Crippen MR) is 115 cm³/mol. The summed E-state index contributed by atoms with van der Waals surface area (Å²) in [6.07, 6.45) is 1.67. The Bertz CT molecular complexity index is 883. The zero-order chi connectivity index (χ0) is 20.8. The molecule has 146 valence electrons. The van der Waals surface area contributed by atoms with Crippen molar-refractivity contribution >= 4 is 33.5 Å². The molecule has 4 aromatic carbocycles. The molecule has 0 aliphatic carbocycles. The topological polar surface area (TPSA) is 74.6 Å². The van der Waals surface area contributed by atoms with Gasteiger partial charge in [-0.25, -0.2) is 9.59 Å². The molecule has 0 heterocycles. The fourth-order valence-electron chi connectivity index (χ4n) is 2.14. The van der Waals surface area contributed by atoms with E-state index < -0.39 is 11.9 Å². The third-order valence-electron chi connectivity index (χ3n) is 3.44. The molecular weight excluding hydrogens is 400 g/mol. The summed E-state index contributed by atoms with van der Waals surface area (Å²) in [7, 11) is 0. The van der Waals surface area contributed by atoms with E-state index in [4.69, 9.17) is 10.2 Å². The summed E-state index contributed by atoms with van der Waals surface area (Å²) in [5, 5.41) is 20.5. The van der Waals surface area contributed by atoms with Crippen LogP contribution in [0.25, 0.3) is 21.5 Å². The molecule has 29 heavy (non-hydrogen) atoms. The molecule has 0 aromatic heterocycles. The average Bonchev–Trinajstić information content (AvgIpc) is 3.38. The maximum absolute atomic E-state index is 9.25. The van der Waals surface area contributed by atoms with Gasteiger partial charge in [-0.3, -0.25) is 0 Å².